The molecule has 0 unspecified atom stereocenters. The Hall–Kier alpha value is -1.77. The first-order valence-corrected chi connectivity index (χ1v) is 8.53. The van der Waals surface area contributed by atoms with Gasteiger partial charge in [-0.1, -0.05) is 16.6 Å². The lowest BCUT2D eigenvalue weighted by Gasteiger charge is -2.32. The van der Waals surface area contributed by atoms with Crippen LogP contribution >= 0.6 is 11.5 Å². The van der Waals surface area contributed by atoms with Gasteiger partial charge in [0, 0.05) is 5.69 Å². The van der Waals surface area contributed by atoms with E-state index in [1.807, 2.05) is 52.0 Å². The molecule has 1 amide bonds. The first-order chi connectivity index (χ1) is 11.2. The van der Waals surface area contributed by atoms with E-state index < -0.39 is 7.12 Å². The van der Waals surface area contributed by atoms with E-state index in [-0.39, 0.29) is 17.1 Å². The fourth-order valence-electron chi connectivity index (χ4n) is 2.33. The number of nitrogens with zero attached hydrogens (tertiary/aromatic N) is 2. The van der Waals surface area contributed by atoms with Gasteiger partial charge in [0.2, 0.25) is 0 Å². The summed E-state index contributed by atoms with van der Waals surface area (Å²) in [5.74, 6) is -0.203. The van der Waals surface area contributed by atoms with E-state index in [4.69, 9.17) is 9.31 Å². The Morgan fingerprint density at radius 2 is 1.71 bits per heavy atom. The molecule has 0 aliphatic carbocycles. The molecular formula is C16H20BN3O3S. The van der Waals surface area contributed by atoms with Crippen molar-refractivity contribution in [1.29, 1.82) is 0 Å². The quantitative estimate of drug-likeness (QED) is 0.865. The van der Waals surface area contributed by atoms with Crippen LogP contribution in [0.25, 0.3) is 0 Å². The summed E-state index contributed by atoms with van der Waals surface area (Å²) in [6.07, 6.45) is 0. The highest BCUT2D eigenvalue weighted by Crippen LogP contribution is 2.36. The zero-order valence-electron chi connectivity index (χ0n) is 14.4. The number of carbonyl (C=O) groups is 1. The van der Waals surface area contributed by atoms with Gasteiger partial charge in [-0.3, -0.25) is 4.79 Å². The second-order valence-electron chi connectivity index (χ2n) is 6.85. The van der Waals surface area contributed by atoms with Gasteiger partial charge in [-0.25, -0.2) is 0 Å². The van der Waals surface area contributed by atoms with Crippen LogP contribution in [0.1, 0.15) is 43.1 Å². The number of rotatable bonds is 3. The standard InChI is InChI=1S/C16H20BN3O3S/c1-10-13(24-20-19-10)14(21)18-12-8-6-11(7-9-12)17-22-15(2,3)16(4,5)23-17/h6-9H,1-5H3,(H,18,21). The van der Waals surface area contributed by atoms with Crippen molar-refractivity contribution in [3.05, 3.63) is 34.8 Å². The minimum Gasteiger partial charge on any atom is -0.399 e. The van der Waals surface area contributed by atoms with Crippen LogP contribution in [0.4, 0.5) is 5.69 Å². The number of benzene rings is 1. The molecule has 8 heteroatoms. The normalized spacial score (nSPS) is 18.6. The molecule has 1 saturated heterocycles. The fourth-order valence-corrected chi connectivity index (χ4v) is 2.88. The number of hydrogen-bond acceptors (Lipinski definition) is 6. The Labute approximate surface area is 145 Å². The molecule has 1 aliphatic rings. The fraction of sp³-hybridized carbons (Fsp3) is 0.438. The second-order valence-corrected chi connectivity index (χ2v) is 7.61. The van der Waals surface area contributed by atoms with Gasteiger partial charge >= 0.3 is 7.12 Å². The molecule has 0 spiro atoms. The Morgan fingerprint density at radius 3 is 2.21 bits per heavy atom. The van der Waals surface area contributed by atoms with Crippen LogP contribution in [0.2, 0.25) is 0 Å². The van der Waals surface area contributed by atoms with Gasteiger partial charge in [-0.2, -0.15) is 0 Å². The summed E-state index contributed by atoms with van der Waals surface area (Å²) in [7, 11) is -0.410. The third kappa shape index (κ3) is 3.09. The highest BCUT2D eigenvalue weighted by Gasteiger charge is 2.51. The number of hydrogen-bond donors (Lipinski definition) is 1. The molecule has 1 aliphatic heterocycles. The van der Waals surface area contributed by atoms with E-state index in [1.165, 1.54) is 0 Å². The molecule has 1 fully saturated rings. The number of aryl methyl sites for hydroxylation is 1. The molecule has 0 saturated carbocycles. The minimum absolute atomic E-state index is 0.203. The summed E-state index contributed by atoms with van der Waals surface area (Å²) in [5.41, 5.74) is 1.50. The van der Waals surface area contributed by atoms with Crippen molar-refractivity contribution < 1.29 is 14.1 Å². The molecule has 1 N–H and O–H groups in total. The van der Waals surface area contributed by atoms with Gasteiger partial charge in [0.15, 0.2) is 0 Å². The molecule has 2 aromatic rings. The largest absolute Gasteiger partial charge is 0.494 e. The second kappa shape index (κ2) is 5.95. The third-order valence-corrected chi connectivity index (χ3v) is 5.38. The minimum atomic E-state index is -0.410. The van der Waals surface area contributed by atoms with Gasteiger partial charge in [-0.05, 0) is 63.7 Å². The topological polar surface area (TPSA) is 73.3 Å². The van der Waals surface area contributed by atoms with Crippen molar-refractivity contribution in [3.63, 3.8) is 0 Å². The molecule has 24 heavy (non-hydrogen) atoms. The summed E-state index contributed by atoms with van der Waals surface area (Å²) in [6.45, 7) is 9.85. The van der Waals surface area contributed by atoms with E-state index in [0.717, 1.165) is 17.0 Å². The van der Waals surface area contributed by atoms with Crippen molar-refractivity contribution in [2.45, 2.75) is 45.8 Å². The number of amides is 1. The molecule has 0 bridgehead atoms. The van der Waals surface area contributed by atoms with E-state index in [9.17, 15) is 4.79 Å². The van der Waals surface area contributed by atoms with Crippen molar-refractivity contribution in [3.8, 4) is 0 Å². The number of carbonyl (C=O) groups excluding carboxylic acids is 1. The summed E-state index contributed by atoms with van der Waals surface area (Å²) < 4.78 is 15.8. The van der Waals surface area contributed by atoms with Crippen LogP contribution in [0.15, 0.2) is 24.3 Å². The molecular weight excluding hydrogens is 325 g/mol. The van der Waals surface area contributed by atoms with Crippen LogP contribution in [0.5, 0.6) is 0 Å². The van der Waals surface area contributed by atoms with Crippen molar-refractivity contribution in [2.75, 3.05) is 5.32 Å². The smallest absolute Gasteiger partial charge is 0.399 e. The summed E-state index contributed by atoms with van der Waals surface area (Å²) in [5, 5.41) is 6.69. The lowest BCUT2D eigenvalue weighted by molar-refractivity contribution is 0.00578. The van der Waals surface area contributed by atoms with E-state index in [1.54, 1.807) is 6.92 Å². The molecule has 1 aromatic heterocycles. The first-order valence-electron chi connectivity index (χ1n) is 7.75. The van der Waals surface area contributed by atoms with Crippen molar-refractivity contribution in [2.24, 2.45) is 0 Å². The Morgan fingerprint density at radius 1 is 1.12 bits per heavy atom. The van der Waals surface area contributed by atoms with Crippen molar-refractivity contribution in [1.82, 2.24) is 9.59 Å². The highest BCUT2D eigenvalue weighted by atomic mass is 32.1. The maximum absolute atomic E-state index is 12.2. The lowest BCUT2D eigenvalue weighted by atomic mass is 9.79. The third-order valence-electron chi connectivity index (χ3n) is 4.55. The zero-order chi connectivity index (χ0) is 17.5. The zero-order valence-corrected chi connectivity index (χ0v) is 15.2. The first kappa shape index (κ1) is 17.1. The predicted octanol–water partition coefficient (Wildman–Crippen LogP) is 2.40. The number of anilines is 1. The van der Waals surface area contributed by atoms with Gasteiger partial charge in [-0.15, -0.1) is 5.10 Å². The highest BCUT2D eigenvalue weighted by molar-refractivity contribution is 7.08. The van der Waals surface area contributed by atoms with Gasteiger partial charge < -0.3 is 14.6 Å². The van der Waals surface area contributed by atoms with E-state index in [2.05, 4.69) is 14.9 Å². The Bertz CT molecular complexity index is 742. The molecule has 3 rings (SSSR count). The van der Waals surface area contributed by atoms with E-state index in [0.29, 0.717) is 16.3 Å². The van der Waals surface area contributed by atoms with Gasteiger partial charge in [0.25, 0.3) is 5.91 Å². The summed E-state index contributed by atoms with van der Waals surface area (Å²) >= 11 is 1.09. The van der Waals surface area contributed by atoms with Crippen molar-refractivity contribution >= 4 is 35.7 Å². The van der Waals surface area contributed by atoms with Crippen LogP contribution in [0, 0.1) is 6.92 Å². The Kier molecular flexibility index (Phi) is 4.23. The molecule has 1 aromatic carbocycles. The van der Waals surface area contributed by atoms with Crippen LogP contribution < -0.4 is 10.8 Å². The maximum atomic E-state index is 12.2. The molecule has 126 valence electrons. The van der Waals surface area contributed by atoms with E-state index >= 15 is 0 Å². The van der Waals surface area contributed by atoms with Gasteiger partial charge in [0.1, 0.15) is 4.88 Å². The maximum Gasteiger partial charge on any atom is 0.494 e. The SMILES string of the molecule is Cc1nnsc1C(=O)Nc1ccc(B2OC(C)(C)C(C)(C)O2)cc1. The molecule has 6 nitrogen and oxygen atoms in total. The average Bonchev–Trinajstić information content (AvgIpc) is 3.01. The molecule has 2 heterocycles. The number of aromatic nitrogens is 2. The van der Waals surface area contributed by atoms with Crippen LogP contribution in [-0.4, -0.2) is 33.8 Å². The van der Waals surface area contributed by atoms with Gasteiger partial charge in [0.05, 0.1) is 16.9 Å². The average molecular weight is 345 g/mol. The summed E-state index contributed by atoms with van der Waals surface area (Å²) in [6, 6.07) is 7.47. The summed E-state index contributed by atoms with van der Waals surface area (Å²) in [4.78, 5) is 12.7. The van der Waals surface area contributed by atoms with Crippen LogP contribution in [0.3, 0.4) is 0 Å². The monoisotopic (exact) mass is 345 g/mol. The Balaban J connectivity index is 1.71. The molecule has 0 atom stereocenters. The lowest BCUT2D eigenvalue weighted by Crippen LogP contribution is -2.41. The molecule has 0 radical (unpaired) electrons. The number of nitrogens with one attached hydrogen (secondary N) is 1. The van der Waals surface area contributed by atoms with Crippen LogP contribution in [-0.2, 0) is 9.31 Å². The predicted molar refractivity (Wildman–Crippen MR) is 94.8 cm³/mol.